The molecule has 1 heterocycles. The molecule has 5 nitrogen and oxygen atoms in total. The summed E-state index contributed by atoms with van der Waals surface area (Å²) in [6.07, 6.45) is 3.73. The normalized spacial score (nSPS) is 36.5. The molecule has 0 aromatic heterocycles. The van der Waals surface area contributed by atoms with E-state index >= 15 is 0 Å². The molecule has 0 saturated carbocycles. The summed E-state index contributed by atoms with van der Waals surface area (Å²) in [6.45, 7) is 3.44. The maximum atomic E-state index is 11.6. The molecule has 0 unspecified atom stereocenters. The molecule has 0 bridgehead atoms. The molecule has 2 aliphatic rings. The van der Waals surface area contributed by atoms with Crippen molar-refractivity contribution in [2.45, 2.75) is 31.5 Å². The van der Waals surface area contributed by atoms with E-state index < -0.39 is 24.1 Å². The third kappa shape index (κ3) is 3.00. The molecule has 0 aromatic carbocycles. The fourth-order valence-electron chi connectivity index (χ4n) is 2.71. The van der Waals surface area contributed by atoms with E-state index in [1.165, 1.54) is 0 Å². The van der Waals surface area contributed by atoms with Gasteiger partial charge in [-0.1, -0.05) is 12.7 Å². The van der Waals surface area contributed by atoms with Crippen molar-refractivity contribution >= 4 is 5.97 Å². The topological polar surface area (TPSA) is 87.0 Å². The van der Waals surface area contributed by atoms with E-state index in [-0.39, 0.29) is 25.2 Å². The quantitative estimate of drug-likeness (QED) is 0.389. The monoisotopic (exact) mass is 280 g/mol. The molecule has 3 atom stereocenters. The molecular formula is C15H20O5. The van der Waals surface area contributed by atoms with E-state index in [1.54, 1.807) is 6.08 Å². The van der Waals surface area contributed by atoms with Crippen LogP contribution in [0, 0.1) is 5.92 Å². The summed E-state index contributed by atoms with van der Waals surface area (Å²) in [6, 6.07) is 0. The van der Waals surface area contributed by atoms with Crippen molar-refractivity contribution in [2.24, 2.45) is 5.92 Å². The first kappa shape index (κ1) is 15.0. The van der Waals surface area contributed by atoms with Crippen LogP contribution in [0.2, 0.25) is 0 Å². The lowest BCUT2D eigenvalue weighted by atomic mass is 9.85. The van der Waals surface area contributed by atoms with E-state index in [0.29, 0.717) is 12.8 Å². The van der Waals surface area contributed by atoms with Crippen molar-refractivity contribution in [3.63, 3.8) is 0 Å². The molecule has 5 heteroatoms. The van der Waals surface area contributed by atoms with E-state index in [2.05, 4.69) is 6.58 Å². The van der Waals surface area contributed by atoms with Gasteiger partial charge in [0, 0.05) is 5.57 Å². The lowest BCUT2D eigenvalue weighted by Crippen LogP contribution is -2.29. The van der Waals surface area contributed by atoms with E-state index in [9.17, 15) is 20.1 Å². The Kier molecular flexibility index (Phi) is 4.75. The van der Waals surface area contributed by atoms with Crippen LogP contribution in [0.5, 0.6) is 0 Å². The molecule has 20 heavy (non-hydrogen) atoms. The minimum atomic E-state index is -0.841. The van der Waals surface area contributed by atoms with Crippen molar-refractivity contribution in [2.75, 3.05) is 13.2 Å². The van der Waals surface area contributed by atoms with Crippen LogP contribution >= 0.6 is 0 Å². The third-order valence-electron chi connectivity index (χ3n) is 3.85. The molecule has 1 aliphatic heterocycles. The number of aliphatic hydroxyl groups is 3. The van der Waals surface area contributed by atoms with Crippen molar-refractivity contribution in [1.82, 2.24) is 0 Å². The summed E-state index contributed by atoms with van der Waals surface area (Å²) < 4.78 is 5.21. The summed E-state index contributed by atoms with van der Waals surface area (Å²) in [7, 11) is 0. The Bertz CT molecular complexity index is 463. The van der Waals surface area contributed by atoms with Gasteiger partial charge in [0.2, 0.25) is 0 Å². The van der Waals surface area contributed by atoms with Gasteiger partial charge in [0.25, 0.3) is 0 Å². The summed E-state index contributed by atoms with van der Waals surface area (Å²) >= 11 is 0. The Morgan fingerprint density at radius 2 is 2.00 bits per heavy atom. The molecule has 110 valence electrons. The van der Waals surface area contributed by atoms with Gasteiger partial charge in [-0.2, -0.15) is 0 Å². The predicted octanol–water partition coefficient (Wildman–Crippen LogP) is 0.466. The summed E-state index contributed by atoms with van der Waals surface area (Å²) in [5, 5.41) is 29.0. The summed E-state index contributed by atoms with van der Waals surface area (Å²) in [5.41, 5.74) is 1.72. The second-order valence-corrected chi connectivity index (χ2v) is 5.23. The van der Waals surface area contributed by atoms with E-state index in [1.807, 2.05) is 6.08 Å². The second kappa shape index (κ2) is 6.35. The maximum Gasteiger partial charge on any atom is 0.334 e. The fraction of sp³-hybridized carbons (Fsp3) is 0.533. The number of esters is 1. The fourth-order valence-corrected chi connectivity index (χ4v) is 2.71. The second-order valence-electron chi connectivity index (χ2n) is 5.23. The molecule has 0 aromatic rings. The van der Waals surface area contributed by atoms with Gasteiger partial charge < -0.3 is 20.1 Å². The van der Waals surface area contributed by atoms with Crippen LogP contribution < -0.4 is 0 Å². The Labute approximate surface area is 117 Å². The Morgan fingerprint density at radius 3 is 2.65 bits per heavy atom. The van der Waals surface area contributed by atoms with Crippen LogP contribution in [0.3, 0.4) is 0 Å². The predicted molar refractivity (Wildman–Crippen MR) is 72.7 cm³/mol. The smallest absolute Gasteiger partial charge is 0.334 e. The number of hydrogen-bond donors (Lipinski definition) is 3. The highest BCUT2D eigenvalue weighted by atomic mass is 16.6. The molecule has 0 radical (unpaired) electrons. The molecule has 1 fully saturated rings. The standard InChI is InChI=1S/C15H20O5/c1-9-14-12(18)5-10(7-16)3-2-4-11(8-17)6-13(14)20-15(9)19/h3,6,12-14,16-18H,1-2,4-5,7-8H2/b10-3+,11-6-/t12-,13+,14+/m0/s1. The lowest BCUT2D eigenvalue weighted by molar-refractivity contribution is -0.137. The molecule has 3 N–H and O–H groups in total. The van der Waals surface area contributed by atoms with Crippen LogP contribution in [0.25, 0.3) is 0 Å². The largest absolute Gasteiger partial charge is 0.454 e. The molecule has 0 amide bonds. The van der Waals surface area contributed by atoms with Gasteiger partial charge >= 0.3 is 5.97 Å². The molecule has 2 rings (SSSR count). The summed E-state index contributed by atoms with van der Waals surface area (Å²) in [5.74, 6) is -1.04. The van der Waals surface area contributed by atoms with Gasteiger partial charge in [-0.25, -0.2) is 4.79 Å². The third-order valence-corrected chi connectivity index (χ3v) is 3.85. The number of carbonyl (C=O) groups is 1. The van der Waals surface area contributed by atoms with Crippen LogP contribution in [-0.2, 0) is 9.53 Å². The van der Waals surface area contributed by atoms with E-state index in [4.69, 9.17) is 4.74 Å². The van der Waals surface area contributed by atoms with Gasteiger partial charge in [-0.15, -0.1) is 0 Å². The first-order valence-electron chi connectivity index (χ1n) is 6.73. The van der Waals surface area contributed by atoms with Crippen molar-refractivity contribution < 1.29 is 24.9 Å². The van der Waals surface area contributed by atoms with Gasteiger partial charge in [-0.3, -0.25) is 0 Å². The molecular weight excluding hydrogens is 260 g/mol. The number of hydrogen-bond acceptors (Lipinski definition) is 5. The highest BCUT2D eigenvalue weighted by molar-refractivity contribution is 5.91. The number of rotatable bonds is 2. The molecule has 1 saturated heterocycles. The number of fused-ring (bicyclic) bond motifs is 1. The number of ether oxygens (including phenoxy) is 1. The van der Waals surface area contributed by atoms with Crippen LogP contribution in [-0.4, -0.2) is 46.7 Å². The minimum Gasteiger partial charge on any atom is -0.454 e. The first-order valence-corrected chi connectivity index (χ1v) is 6.73. The zero-order chi connectivity index (χ0) is 14.7. The number of allylic oxidation sites excluding steroid dienone is 1. The van der Waals surface area contributed by atoms with Gasteiger partial charge in [0.15, 0.2) is 0 Å². The van der Waals surface area contributed by atoms with Crippen molar-refractivity contribution in [3.05, 3.63) is 35.5 Å². The Hall–Kier alpha value is -1.43. The summed E-state index contributed by atoms with van der Waals surface area (Å²) in [4.78, 5) is 11.6. The maximum absolute atomic E-state index is 11.6. The lowest BCUT2D eigenvalue weighted by Gasteiger charge is -2.23. The zero-order valence-corrected chi connectivity index (χ0v) is 11.3. The van der Waals surface area contributed by atoms with Crippen molar-refractivity contribution in [3.8, 4) is 0 Å². The van der Waals surface area contributed by atoms with Crippen molar-refractivity contribution in [1.29, 1.82) is 0 Å². The van der Waals surface area contributed by atoms with Crippen LogP contribution in [0.4, 0.5) is 0 Å². The highest BCUT2D eigenvalue weighted by Crippen LogP contribution is 2.34. The van der Waals surface area contributed by atoms with Crippen LogP contribution in [0.1, 0.15) is 19.3 Å². The van der Waals surface area contributed by atoms with Gasteiger partial charge in [0.1, 0.15) is 6.10 Å². The molecule has 1 aliphatic carbocycles. The van der Waals surface area contributed by atoms with Crippen LogP contribution in [0.15, 0.2) is 35.5 Å². The SMILES string of the molecule is C=C1C(=O)O[C@@H]2/C=C(\CO)CC/C=C(/CO)C[C@H](O)[C@@H]12. The highest BCUT2D eigenvalue weighted by Gasteiger charge is 2.42. The average Bonchev–Trinajstić information content (AvgIpc) is 2.71. The first-order chi connectivity index (χ1) is 9.56. The Balaban J connectivity index is 2.34. The zero-order valence-electron chi connectivity index (χ0n) is 11.3. The molecule has 0 spiro atoms. The number of aliphatic hydroxyl groups excluding tert-OH is 3. The number of carbonyl (C=O) groups excluding carboxylic acids is 1. The van der Waals surface area contributed by atoms with Gasteiger partial charge in [0.05, 0.1) is 25.2 Å². The average molecular weight is 280 g/mol. The van der Waals surface area contributed by atoms with E-state index in [0.717, 1.165) is 11.1 Å². The Morgan fingerprint density at radius 1 is 1.30 bits per heavy atom. The minimum absolute atomic E-state index is 0.119. The van der Waals surface area contributed by atoms with Gasteiger partial charge in [-0.05, 0) is 36.5 Å².